The number of nitrogens with zero attached hydrogens (tertiary/aromatic N) is 1. The van der Waals surface area contributed by atoms with Crippen molar-refractivity contribution in [2.75, 3.05) is 13.7 Å². The van der Waals surface area contributed by atoms with Crippen molar-refractivity contribution in [1.82, 2.24) is 4.90 Å². The molecule has 110 valence electrons. The summed E-state index contributed by atoms with van der Waals surface area (Å²) in [6, 6.07) is 5.59. The van der Waals surface area contributed by atoms with Crippen molar-refractivity contribution < 1.29 is 14.2 Å². The van der Waals surface area contributed by atoms with Gasteiger partial charge >= 0.3 is 0 Å². The normalized spacial score (nSPS) is 20.6. The van der Waals surface area contributed by atoms with E-state index in [2.05, 4.69) is 4.90 Å². The number of benzene rings is 1. The second kappa shape index (κ2) is 4.71. The van der Waals surface area contributed by atoms with Crippen LogP contribution in [-0.4, -0.2) is 23.7 Å². The average Bonchev–Trinajstić information content (AvgIpc) is 2.86. The number of aromatic hydroxyl groups is 1. The van der Waals surface area contributed by atoms with Gasteiger partial charge in [0.15, 0.2) is 16.6 Å². The summed E-state index contributed by atoms with van der Waals surface area (Å²) < 4.78 is 18.9. The zero-order chi connectivity index (χ0) is 14.6. The molecule has 2 aliphatic heterocycles. The quantitative estimate of drug-likeness (QED) is 0.878. The largest absolute Gasteiger partial charge is 0.504 e. The zero-order valence-corrected chi connectivity index (χ0v) is 12.5. The molecule has 3 nitrogen and oxygen atoms in total. The molecule has 0 aliphatic carbocycles. The van der Waals surface area contributed by atoms with Crippen LogP contribution in [0.15, 0.2) is 18.2 Å². The Morgan fingerprint density at radius 1 is 1.43 bits per heavy atom. The molecule has 1 atom stereocenters. The molecule has 0 spiro atoms. The van der Waals surface area contributed by atoms with Gasteiger partial charge in [0.1, 0.15) is 0 Å². The number of methoxy groups -OCH3 is 1. The maximum atomic E-state index is 13.6. The molecule has 0 radical (unpaired) electrons. The lowest BCUT2D eigenvalue weighted by molar-refractivity contribution is 0.159. The maximum absolute atomic E-state index is 13.6. The van der Waals surface area contributed by atoms with Crippen molar-refractivity contribution in [3.8, 4) is 11.5 Å². The summed E-state index contributed by atoms with van der Waals surface area (Å²) in [5.41, 5.74) is 3.39. The maximum Gasteiger partial charge on any atom is 0.176 e. The Morgan fingerprint density at radius 2 is 2.29 bits per heavy atom. The fourth-order valence-corrected chi connectivity index (χ4v) is 4.50. The summed E-state index contributed by atoms with van der Waals surface area (Å²) in [5, 5.41) is 9.85. The molecule has 3 heterocycles. The first-order valence-corrected chi connectivity index (χ1v) is 7.89. The number of thiophene rings is 1. The third-order valence-corrected chi connectivity index (χ3v) is 5.55. The summed E-state index contributed by atoms with van der Waals surface area (Å²) in [6.07, 6.45) is 1.74. The van der Waals surface area contributed by atoms with Crippen LogP contribution in [0, 0.1) is 5.13 Å². The number of hydrogen-bond donors (Lipinski definition) is 1. The minimum atomic E-state index is -0.0871. The molecule has 4 rings (SSSR count). The molecule has 5 heteroatoms. The highest BCUT2D eigenvalue weighted by atomic mass is 32.1. The smallest absolute Gasteiger partial charge is 0.176 e. The molecule has 0 amide bonds. The lowest BCUT2D eigenvalue weighted by Crippen LogP contribution is -2.38. The van der Waals surface area contributed by atoms with Crippen LogP contribution < -0.4 is 4.74 Å². The fraction of sp³-hybridized carbons (Fsp3) is 0.375. The van der Waals surface area contributed by atoms with Crippen molar-refractivity contribution in [3.05, 3.63) is 44.9 Å². The zero-order valence-electron chi connectivity index (χ0n) is 11.7. The van der Waals surface area contributed by atoms with Crippen LogP contribution in [0.4, 0.5) is 4.39 Å². The summed E-state index contributed by atoms with van der Waals surface area (Å²) >= 11 is 1.28. The fourth-order valence-electron chi connectivity index (χ4n) is 3.57. The Morgan fingerprint density at radius 3 is 3.10 bits per heavy atom. The van der Waals surface area contributed by atoms with Crippen LogP contribution in [0.3, 0.4) is 0 Å². The van der Waals surface area contributed by atoms with Crippen LogP contribution in [-0.2, 0) is 19.4 Å². The third-order valence-electron chi connectivity index (χ3n) is 4.55. The first kappa shape index (κ1) is 13.1. The first-order chi connectivity index (χ1) is 10.2. The van der Waals surface area contributed by atoms with Crippen molar-refractivity contribution in [3.63, 3.8) is 0 Å². The van der Waals surface area contributed by atoms with Gasteiger partial charge in [-0.15, -0.1) is 11.3 Å². The van der Waals surface area contributed by atoms with E-state index in [0.717, 1.165) is 37.1 Å². The molecular formula is C16H16FNO2S. The molecule has 0 saturated carbocycles. The van der Waals surface area contributed by atoms with Crippen LogP contribution in [0.5, 0.6) is 11.5 Å². The van der Waals surface area contributed by atoms with Crippen LogP contribution in [0.2, 0.25) is 0 Å². The Labute approximate surface area is 126 Å². The highest BCUT2D eigenvalue weighted by Gasteiger charge is 2.35. The lowest BCUT2D eigenvalue weighted by atomic mass is 9.87. The van der Waals surface area contributed by atoms with E-state index in [9.17, 15) is 9.50 Å². The van der Waals surface area contributed by atoms with E-state index in [-0.39, 0.29) is 16.9 Å². The van der Waals surface area contributed by atoms with E-state index in [1.807, 2.05) is 6.07 Å². The minimum Gasteiger partial charge on any atom is -0.504 e. The number of rotatable bonds is 1. The molecule has 0 bridgehead atoms. The summed E-state index contributed by atoms with van der Waals surface area (Å²) in [5.74, 6) is 0.766. The highest BCUT2D eigenvalue weighted by Crippen LogP contribution is 2.44. The Kier molecular flexibility index (Phi) is 2.94. The standard InChI is InChI=1S/C16H16FNO2S/c1-20-16-11-8-18-5-4-14-10(7-15(17)21-14)12(18)6-9(11)2-3-13(16)19/h2-3,7,12,19H,4-6,8H2,1H3/t12-/m0/s1. The topological polar surface area (TPSA) is 32.7 Å². The second-order valence-corrected chi connectivity index (χ2v) is 6.71. The van der Waals surface area contributed by atoms with Gasteiger partial charge in [0.2, 0.25) is 0 Å². The van der Waals surface area contributed by atoms with Gasteiger partial charge in [0.05, 0.1) is 7.11 Å². The molecular weight excluding hydrogens is 289 g/mol. The molecule has 1 aromatic carbocycles. The third kappa shape index (κ3) is 1.95. The molecule has 0 fully saturated rings. The van der Waals surface area contributed by atoms with Crippen molar-refractivity contribution in [1.29, 1.82) is 0 Å². The molecule has 2 aliphatic rings. The van der Waals surface area contributed by atoms with Gasteiger partial charge in [-0.25, -0.2) is 0 Å². The van der Waals surface area contributed by atoms with E-state index in [4.69, 9.17) is 4.74 Å². The predicted octanol–water partition coefficient (Wildman–Crippen LogP) is 3.26. The average molecular weight is 305 g/mol. The van der Waals surface area contributed by atoms with Crippen molar-refractivity contribution >= 4 is 11.3 Å². The number of halogens is 1. The summed E-state index contributed by atoms with van der Waals surface area (Å²) in [6.45, 7) is 1.67. The second-order valence-electron chi connectivity index (χ2n) is 5.63. The summed E-state index contributed by atoms with van der Waals surface area (Å²) in [7, 11) is 1.59. The number of hydrogen-bond acceptors (Lipinski definition) is 4. The van der Waals surface area contributed by atoms with Gasteiger partial charge in [-0.1, -0.05) is 6.07 Å². The van der Waals surface area contributed by atoms with Gasteiger partial charge < -0.3 is 9.84 Å². The van der Waals surface area contributed by atoms with Crippen molar-refractivity contribution in [2.24, 2.45) is 0 Å². The highest BCUT2D eigenvalue weighted by molar-refractivity contribution is 7.10. The van der Waals surface area contributed by atoms with Gasteiger partial charge in [0.25, 0.3) is 0 Å². The Balaban J connectivity index is 1.78. The van der Waals surface area contributed by atoms with E-state index >= 15 is 0 Å². The molecule has 21 heavy (non-hydrogen) atoms. The number of ether oxygens (including phenoxy) is 1. The molecule has 1 aromatic heterocycles. The van der Waals surface area contributed by atoms with Crippen LogP contribution >= 0.6 is 11.3 Å². The predicted molar refractivity (Wildman–Crippen MR) is 79.5 cm³/mol. The van der Waals surface area contributed by atoms with Gasteiger partial charge in [0, 0.05) is 29.6 Å². The molecule has 0 unspecified atom stereocenters. The van der Waals surface area contributed by atoms with E-state index in [1.165, 1.54) is 21.8 Å². The monoisotopic (exact) mass is 305 g/mol. The minimum absolute atomic E-state index is 0.0871. The van der Waals surface area contributed by atoms with Crippen LogP contribution in [0.1, 0.15) is 27.6 Å². The Hall–Kier alpha value is -1.59. The number of fused-ring (bicyclic) bond motifs is 4. The van der Waals surface area contributed by atoms with Gasteiger partial charge in [-0.3, -0.25) is 4.90 Å². The van der Waals surface area contributed by atoms with E-state index in [0.29, 0.717) is 5.75 Å². The first-order valence-electron chi connectivity index (χ1n) is 7.07. The summed E-state index contributed by atoms with van der Waals surface area (Å²) in [4.78, 5) is 3.54. The van der Waals surface area contributed by atoms with Crippen LogP contribution in [0.25, 0.3) is 0 Å². The molecule has 0 saturated heterocycles. The lowest BCUT2D eigenvalue weighted by Gasteiger charge is -2.40. The number of phenols is 1. The van der Waals surface area contributed by atoms with E-state index in [1.54, 1.807) is 19.2 Å². The number of phenolic OH excluding ortho intramolecular Hbond substituents is 1. The Bertz CT molecular complexity index is 713. The SMILES string of the molecule is COc1c(O)ccc2c1CN1CCc3sc(F)cc3[C@@H]1C2. The molecule has 2 aromatic rings. The van der Waals surface area contributed by atoms with Gasteiger partial charge in [-0.05, 0) is 36.1 Å². The van der Waals surface area contributed by atoms with E-state index < -0.39 is 0 Å². The van der Waals surface area contributed by atoms with Gasteiger partial charge in [-0.2, -0.15) is 4.39 Å². The molecule has 1 N–H and O–H groups in total. The van der Waals surface area contributed by atoms with Crippen molar-refractivity contribution in [2.45, 2.75) is 25.4 Å².